The number of rotatable bonds is 4. The Morgan fingerprint density at radius 1 is 1.00 bits per heavy atom. The average Bonchev–Trinajstić information content (AvgIpc) is 3.14. The highest BCUT2D eigenvalue weighted by molar-refractivity contribution is 7.89. The van der Waals surface area contributed by atoms with Crippen LogP contribution >= 0.6 is 0 Å². The molecule has 0 spiro atoms. The minimum atomic E-state index is -3.50. The molecule has 3 rings (SSSR count). The molecule has 1 aromatic carbocycles. The summed E-state index contributed by atoms with van der Waals surface area (Å²) < 4.78 is 28.0. The molecule has 2 fully saturated rings. The predicted octanol–water partition coefficient (Wildman–Crippen LogP) is 0.512. The van der Waals surface area contributed by atoms with Crippen LogP contribution in [0.2, 0.25) is 0 Å². The van der Waals surface area contributed by atoms with Crippen LogP contribution in [0.1, 0.15) is 36.5 Å². The number of carbonyl (C=O) groups is 1. The lowest BCUT2D eigenvalue weighted by Gasteiger charge is -2.35. The Kier molecular flexibility index (Phi) is 5.93. The Morgan fingerprint density at radius 2 is 1.52 bits per heavy atom. The maximum Gasteiger partial charge on any atom is 0.280 e. The van der Waals surface area contributed by atoms with Crippen molar-refractivity contribution >= 4 is 15.9 Å². The number of likely N-dealkylation sites (tertiary alicyclic amines) is 1. The summed E-state index contributed by atoms with van der Waals surface area (Å²) in [6, 6.07) is 3.76. The second kappa shape index (κ2) is 7.89. The summed E-state index contributed by atoms with van der Waals surface area (Å²) in [5, 5.41) is 0. The molecule has 0 bridgehead atoms. The smallest absolute Gasteiger partial charge is 0.280 e. The second-order valence-corrected chi connectivity index (χ2v) is 9.92. The fraction of sp³-hybridized carbons (Fsp3) is 0.650. The van der Waals surface area contributed by atoms with E-state index in [1.165, 1.54) is 4.90 Å². The SMILES string of the molecule is Cc1cc(C)c(S(=O)(=O)N2CC[NH+]([C@@H](C)C(=O)N3CCCC3)CC2)c(C)c1. The lowest BCUT2D eigenvalue weighted by molar-refractivity contribution is -0.918. The first-order valence-electron chi connectivity index (χ1n) is 9.93. The molecule has 1 N–H and O–H groups in total. The van der Waals surface area contributed by atoms with Crippen molar-refractivity contribution in [1.29, 1.82) is 0 Å². The Balaban J connectivity index is 1.69. The summed E-state index contributed by atoms with van der Waals surface area (Å²) in [6.45, 7) is 11.7. The fourth-order valence-corrected chi connectivity index (χ4v) is 6.39. The van der Waals surface area contributed by atoms with Gasteiger partial charge in [-0.15, -0.1) is 0 Å². The van der Waals surface area contributed by atoms with E-state index in [9.17, 15) is 13.2 Å². The van der Waals surface area contributed by atoms with Crippen molar-refractivity contribution in [1.82, 2.24) is 9.21 Å². The van der Waals surface area contributed by atoms with Gasteiger partial charge in [-0.05, 0) is 51.7 Å². The van der Waals surface area contributed by atoms with Crippen molar-refractivity contribution in [2.75, 3.05) is 39.3 Å². The zero-order chi connectivity index (χ0) is 19.8. The van der Waals surface area contributed by atoms with Gasteiger partial charge < -0.3 is 9.80 Å². The zero-order valence-corrected chi connectivity index (χ0v) is 17.7. The number of sulfonamides is 1. The van der Waals surface area contributed by atoms with Gasteiger partial charge in [0.2, 0.25) is 10.0 Å². The van der Waals surface area contributed by atoms with Gasteiger partial charge in [0.15, 0.2) is 6.04 Å². The number of amides is 1. The van der Waals surface area contributed by atoms with E-state index in [2.05, 4.69) is 0 Å². The van der Waals surface area contributed by atoms with E-state index in [-0.39, 0.29) is 11.9 Å². The molecule has 1 aromatic rings. The maximum atomic E-state index is 13.2. The van der Waals surface area contributed by atoms with E-state index in [1.54, 1.807) is 4.31 Å². The van der Waals surface area contributed by atoms with E-state index < -0.39 is 10.0 Å². The lowest BCUT2D eigenvalue weighted by atomic mass is 10.1. The summed E-state index contributed by atoms with van der Waals surface area (Å²) in [7, 11) is -3.50. The first kappa shape index (κ1) is 20.3. The van der Waals surface area contributed by atoms with Crippen LogP contribution in [-0.4, -0.2) is 68.8 Å². The molecule has 7 heteroatoms. The van der Waals surface area contributed by atoms with Crippen LogP contribution in [0.25, 0.3) is 0 Å². The number of nitrogens with one attached hydrogen (secondary N) is 1. The molecule has 0 aromatic heterocycles. The number of piperazine rings is 1. The Bertz CT molecular complexity index is 785. The first-order valence-corrected chi connectivity index (χ1v) is 11.4. The van der Waals surface area contributed by atoms with Crippen LogP contribution in [0, 0.1) is 20.8 Å². The normalized spacial score (nSPS) is 20.8. The molecule has 1 atom stereocenters. The molecule has 0 unspecified atom stereocenters. The van der Waals surface area contributed by atoms with E-state index >= 15 is 0 Å². The van der Waals surface area contributed by atoms with Crippen molar-refractivity contribution in [3.63, 3.8) is 0 Å². The Hall–Kier alpha value is -1.44. The molecule has 6 nitrogen and oxygen atoms in total. The molecule has 2 aliphatic heterocycles. The molecule has 0 radical (unpaired) electrons. The lowest BCUT2D eigenvalue weighted by Crippen LogP contribution is -3.19. The zero-order valence-electron chi connectivity index (χ0n) is 16.9. The van der Waals surface area contributed by atoms with Crippen molar-refractivity contribution in [2.45, 2.75) is 51.5 Å². The third-order valence-corrected chi connectivity index (χ3v) is 8.17. The van der Waals surface area contributed by atoms with Gasteiger partial charge in [-0.3, -0.25) is 4.79 Å². The Morgan fingerprint density at radius 3 is 2.04 bits per heavy atom. The molecule has 0 aliphatic carbocycles. The van der Waals surface area contributed by atoms with E-state index in [1.807, 2.05) is 44.7 Å². The summed E-state index contributed by atoms with van der Waals surface area (Å²) >= 11 is 0. The number of hydrogen-bond donors (Lipinski definition) is 1. The van der Waals surface area contributed by atoms with E-state index in [0.717, 1.165) is 42.6 Å². The second-order valence-electron chi connectivity index (χ2n) is 8.04. The quantitative estimate of drug-likeness (QED) is 0.810. The minimum absolute atomic E-state index is 0.101. The van der Waals surface area contributed by atoms with Gasteiger partial charge in [0.05, 0.1) is 31.1 Å². The monoisotopic (exact) mass is 394 g/mol. The molecule has 0 saturated carbocycles. The average molecular weight is 395 g/mol. The molecular weight excluding hydrogens is 362 g/mol. The summed E-state index contributed by atoms with van der Waals surface area (Å²) in [4.78, 5) is 16.2. The van der Waals surface area contributed by atoms with Crippen LogP contribution in [0.5, 0.6) is 0 Å². The minimum Gasteiger partial charge on any atom is -0.338 e. The molecule has 1 amide bonds. The number of nitrogens with zero attached hydrogens (tertiary/aromatic N) is 2. The fourth-order valence-electron chi connectivity index (χ4n) is 4.54. The van der Waals surface area contributed by atoms with Crippen LogP contribution in [0.3, 0.4) is 0 Å². The highest BCUT2D eigenvalue weighted by Gasteiger charge is 2.37. The largest absolute Gasteiger partial charge is 0.338 e. The van der Waals surface area contributed by atoms with E-state index in [0.29, 0.717) is 31.1 Å². The van der Waals surface area contributed by atoms with Crippen molar-refractivity contribution in [3.05, 3.63) is 28.8 Å². The number of quaternary nitrogens is 1. The molecule has 150 valence electrons. The maximum absolute atomic E-state index is 13.2. The van der Waals surface area contributed by atoms with Crippen LogP contribution in [0.15, 0.2) is 17.0 Å². The topological polar surface area (TPSA) is 62.1 Å². The molecular formula is C20H32N3O3S+. The van der Waals surface area contributed by atoms with Gasteiger partial charge >= 0.3 is 0 Å². The van der Waals surface area contributed by atoms with E-state index in [4.69, 9.17) is 0 Å². The highest BCUT2D eigenvalue weighted by Crippen LogP contribution is 2.25. The van der Waals surface area contributed by atoms with Crippen molar-refractivity contribution in [3.8, 4) is 0 Å². The van der Waals surface area contributed by atoms with Gasteiger partial charge in [-0.2, -0.15) is 4.31 Å². The number of benzene rings is 1. The highest BCUT2D eigenvalue weighted by atomic mass is 32.2. The summed E-state index contributed by atoms with van der Waals surface area (Å²) in [5.41, 5.74) is 2.69. The third-order valence-electron chi connectivity index (χ3n) is 5.97. The van der Waals surface area contributed by atoms with Crippen LogP contribution in [0.4, 0.5) is 0 Å². The third kappa shape index (κ3) is 4.05. The number of carbonyl (C=O) groups excluding carboxylic acids is 1. The first-order chi connectivity index (χ1) is 12.7. The van der Waals surface area contributed by atoms with Crippen molar-refractivity contribution in [2.24, 2.45) is 0 Å². The van der Waals surface area contributed by atoms with Crippen molar-refractivity contribution < 1.29 is 18.1 Å². The summed E-state index contributed by atoms with van der Waals surface area (Å²) in [6.07, 6.45) is 2.18. The van der Waals surface area contributed by atoms with Gasteiger partial charge in [-0.1, -0.05) is 17.7 Å². The van der Waals surface area contributed by atoms with Gasteiger partial charge in [0, 0.05) is 13.1 Å². The number of hydrogen-bond acceptors (Lipinski definition) is 3. The molecule has 2 saturated heterocycles. The molecule has 2 heterocycles. The van der Waals surface area contributed by atoms with Crippen LogP contribution in [-0.2, 0) is 14.8 Å². The van der Waals surface area contributed by atoms with Gasteiger partial charge in [-0.25, -0.2) is 8.42 Å². The number of aryl methyl sites for hydroxylation is 3. The van der Waals surface area contributed by atoms with Gasteiger partial charge in [0.25, 0.3) is 5.91 Å². The standard InChI is InChI=1S/C20H31N3O3S/c1-15-13-16(2)19(17(3)14-15)27(25,26)23-11-9-21(10-12-23)18(4)20(24)22-7-5-6-8-22/h13-14,18H,5-12H2,1-4H3/p+1/t18-/m0/s1. The summed E-state index contributed by atoms with van der Waals surface area (Å²) in [5.74, 6) is 0.212. The molecule has 27 heavy (non-hydrogen) atoms. The molecule has 2 aliphatic rings. The predicted molar refractivity (Wildman–Crippen MR) is 105 cm³/mol. The Labute approximate surface area is 163 Å². The van der Waals surface area contributed by atoms with Gasteiger partial charge in [0.1, 0.15) is 0 Å². The van der Waals surface area contributed by atoms with Crippen LogP contribution < -0.4 is 4.90 Å².